The van der Waals surface area contributed by atoms with Gasteiger partial charge in [-0.2, -0.15) is 13.2 Å². The Balaban J connectivity index is 1.79. The lowest BCUT2D eigenvalue weighted by Gasteiger charge is -2.14. The molecule has 1 aromatic heterocycles. The second kappa shape index (κ2) is 10.0. The maximum Gasteiger partial charge on any atom is 0.416 e. The Hall–Kier alpha value is -4.50. The average Bonchev–Trinajstić information content (AvgIpc) is 2.88. The minimum Gasteiger partial charge on any atom is -0.478 e. The number of aliphatic hydroxyl groups is 1. The van der Waals surface area contributed by atoms with Crippen LogP contribution in [0.25, 0.3) is 22.4 Å². The van der Waals surface area contributed by atoms with Crippen molar-refractivity contribution in [3.8, 4) is 22.4 Å². The predicted octanol–water partition coefficient (Wildman–Crippen LogP) is 5.88. The van der Waals surface area contributed by atoms with Gasteiger partial charge in [0.05, 0.1) is 29.0 Å². The summed E-state index contributed by atoms with van der Waals surface area (Å²) in [6, 6.07) is 18.6. The Morgan fingerprint density at radius 2 is 1.58 bits per heavy atom. The summed E-state index contributed by atoms with van der Waals surface area (Å²) in [5, 5.41) is 21.3. The van der Waals surface area contributed by atoms with Crippen LogP contribution in [0, 0.1) is 0 Å². The number of rotatable bonds is 6. The van der Waals surface area contributed by atoms with Gasteiger partial charge < -0.3 is 15.5 Å². The fourth-order valence-corrected chi connectivity index (χ4v) is 3.65. The standard InChI is InChI=1S/C27H19F3N2O4/c28-27(29,30)21-8-2-6-18(11-21)24-23(17-5-1-4-16(10-17)15-33)13-20(14-31-24)25(34)32-22-9-3-7-19(12-22)26(35)36/h1-14,33H,15H2,(H,32,34)(H,35,36). The molecular formula is C27H19F3N2O4. The van der Waals surface area contributed by atoms with Gasteiger partial charge in [0.25, 0.3) is 5.91 Å². The molecule has 1 amide bonds. The number of nitrogens with zero attached hydrogens (tertiary/aromatic N) is 1. The molecule has 182 valence electrons. The van der Waals surface area contributed by atoms with Crippen molar-refractivity contribution in [2.75, 3.05) is 5.32 Å². The molecule has 1 heterocycles. The van der Waals surface area contributed by atoms with Gasteiger partial charge in [0.15, 0.2) is 0 Å². The van der Waals surface area contributed by atoms with Crippen LogP contribution in [0.4, 0.5) is 18.9 Å². The van der Waals surface area contributed by atoms with Crippen molar-refractivity contribution < 1.29 is 33.0 Å². The highest BCUT2D eigenvalue weighted by Crippen LogP contribution is 2.36. The first-order valence-electron chi connectivity index (χ1n) is 10.7. The summed E-state index contributed by atoms with van der Waals surface area (Å²) >= 11 is 0. The maximum atomic E-state index is 13.3. The van der Waals surface area contributed by atoms with Crippen LogP contribution in [0.1, 0.15) is 31.8 Å². The highest BCUT2D eigenvalue weighted by atomic mass is 19.4. The van der Waals surface area contributed by atoms with Crippen LogP contribution in [-0.4, -0.2) is 27.1 Å². The molecule has 0 radical (unpaired) electrons. The number of benzene rings is 3. The van der Waals surface area contributed by atoms with Gasteiger partial charge in [0.2, 0.25) is 0 Å². The minimum absolute atomic E-state index is 0.00710. The monoisotopic (exact) mass is 492 g/mol. The quantitative estimate of drug-likeness (QED) is 0.312. The minimum atomic E-state index is -4.54. The molecule has 0 fully saturated rings. The van der Waals surface area contributed by atoms with E-state index in [9.17, 15) is 27.9 Å². The largest absolute Gasteiger partial charge is 0.478 e. The van der Waals surface area contributed by atoms with Gasteiger partial charge in [-0.1, -0.05) is 36.4 Å². The number of pyridine rings is 1. The number of anilines is 1. The molecule has 0 spiro atoms. The predicted molar refractivity (Wildman–Crippen MR) is 127 cm³/mol. The molecular weight excluding hydrogens is 473 g/mol. The van der Waals surface area contributed by atoms with Crippen molar-refractivity contribution in [3.05, 3.63) is 107 Å². The third-order valence-corrected chi connectivity index (χ3v) is 5.40. The molecule has 36 heavy (non-hydrogen) atoms. The van der Waals surface area contributed by atoms with Gasteiger partial charge in [0.1, 0.15) is 0 Å². The summed E-state index contributed by atoms with van der Waals surface area (Å²) in [6.07, 6.45) is -3.30. The number of aromatic nitrogens is 1. The van der Waals surface area contributed by atoms with E-state index in [0.29, 0.717) is 16.7 Å². The number of aromatic carboxylic acids is 1. The Kier molecular flexibility index (Phi) is 6.84. The van der Waals surface area contributed by atoms with E-state index < -0.39 is 23.6 Å². The van der Waals surface area contributed by atoms with E-state index in [1.807, 2.05) is 0 Å². The first-order chi connectivity index (χ1) is 17.2. The second-order valence-corrected chi connectivity index (χ2v) is 7.90. The van der Waals surface area contributed by atoms with Crippen molar-refractivity contribution in [1.82, 2.24) is 4.98 Å². The highest BCUT2D eigenvalue weighted by Gasteiger charge is 2.30. The van der Waals surface area contributed by atoms with Crippen LogP contribution in [0.2, 0.25) is 0 Å². The van der Waals surface area contributed by atoms with Gasteiger partial charge in [-0.15, -0.1) is 0 Å². The van der Waals surface area contributed by atoms with E-state index in [-0.39, 0.29) is 34.7 Å². The van der Waals surface area contributed by atoms with Gasteiger partial charge in [-0.05, 0) is 53.6 Å². The lowest BCUT2D eigenvalue weighted by atomic mass is 9.95. The lowest BCUT2D eigenvalue weighted by Crippen LogP contribution is -2.13. The summed E-state index contributed by atoms with van der Waals surface area (Å²) in [6.45, 7) is -0.250. The van der Waals surface area contributed by atoms with E-state index in [2.05, 4.69) is 10.3 Å². The van der Waals surface area contributed by atoms with Crippen LogP contribution in [-0.2, 0) is 12.8 Å². The molecule has 0 unspecified atom stereocenters. The van der Waals surface area contributed by atoms with Gasteiger partial charge in [-0.3, -0.25) is 9.78 Å². The summed E-state index contributed by atoms with van der Waals surface area (Å²) in [5.74, 6) is -1.73. The Bertz CT molecular complexity index is 1450. The molecule has 4 rings (SSSR count). The van der Waals surface area contributed by atoms with Crippen molar-refractivity contribution in [2.45, 2.75) is 12.8 Å². The fraction of sp³-hybridized carbons (Fsp3) is 0.0741. The summed E-state index contributed by atoms with van der Waals surface area (Å²) in [7, 11) is 0. The lowest BCUT2D eigenvalue weighted by molar-refractivity contribution is -0.137. The third-order valence-electron chi connectivity index (χ3n) is 5.40. The number of hydrogen-bond donors (Lipinski definition) is 3. The van der Waals surface area contributed by atoms with E-state index in [1.165, 1.54) is 48.7 Å². The van der Waals surface area contributed by atoms with Crippen molar-refractivity contribution in [3.63, 3.8) is 0 Å². The first-order valence-corrected chi connectivity index (χ1v) is 10.7. The molecule has 4 aromatic rings. The van der Waals surface area contributed by atoms with Gasteiger partial charge in [-0.25, -0.2) is 4.79 Å². The van der Waals surface area contributed by atoms with Crippen LogP contribution >= 0.6 is 0 Å². The fourth-order valence-electron chi connectivity index (χ4n) is 3.65. The van der Waals surface area contributed by atoms with Crippen LogP contribution in [0.15, 0.2) is 85.1 Å². The molecule has 9 heteroatoms. The van der Waals surface area contributed by atoms with Gasteiger partial charge >= 0.3 is 12.1 Å². The number of halogens is 3. The molecule has 6 nitrogen and oxygen atoms in total. The third kappa shape index (κ3) is 5.42. The summed E-state index contributed by atoms with van der Waals surface area (Å²) in [4.78, 5) is 28.5. The summed E-state index contributed by atoms with van der Waals surface area (Å²) < 4.78 is 40.0. The van der Waals surface area contributed by atoms with Crippen LogP contribution in [0.5, 0.6) is 0 Å². The Labute approximate surface area is 203 Å². The van der Waals surface area contributed by atoms with Crippen LogP contribution < -0.4 is 5.32 Å². The van der Waals surface area contributed by atoms with Gasteiger partial charge in [0, 0.05) is 23.0 Å². The van der Waals surface area contributed by atoms with E-state index >= 15 is 0 Å². The summed E-state index contributed by atoms with van der Waals surface area (Å²) in [5.41, 5.74) is 1.45. The molecule has 0 atom stereocenters. The second-order valence-electron chi connectivity index (χ2n) is 7.90. The maximum absolute atomic E-state index is 13.3. The van der Waals surface area contributed by atoms with E-state index in [0.717, 1.165) is 12.1 Å². The number of carboxylic acid groups (broad SMARTS) is 1. The molecule has 0 aliphatic carbocycles. The number of carboxylic acids is 1. The number of carbonyl (C=O) groups excluding carboxylic acids is 1. The molecule has 3 N–H and O–H groups in total. The number of nitrogens with one attached hydrogen (secondary N) is 1. The zero-order chi connectivity index (χ0) is 25.9. The first kappa shape index (κ1) is 24.6. The van der Waals surface area contributed by atoms with Crippen molar-refractivity contribution >= 4 is 17.6 Å². The topological polar surface area (TPSA) is 99.5 Å². The molecule has 0 saturated carbocycles. The van der Waals surface area contributed by atoms with Crippen LogP contribution in [0.3, 0.4) is 0 Å². The SMILES string of the molecule is O=C(O)c1cccc(NC(=O)c2cnc(-c3cccc(C(F)(F)F)c3)c(-c3cccc(CO)c3)c2)c1. The number of hydrogen-bond acceptors (Lipinski definition) is 4. The molecule has 0 aliphatic rings. The molecule has 0 aliphatic heterocycles. The van der Waals surface area contributed by atoms with E-state index in [4.69, 9.17) is 5.11 Å². The zero-order valence-corrected chi connectivity index (χ0v) is 18.6. The van der Waals surface area contributed by atoms with Crippen molar-refractivity contribution in [2.24, 2.45) is 0 Å². The molecule has 0 bridgehead atoms. The highest BCUT2D eigenvalue weighted by molar-refractivity contribution is 6.06. The number of alkyl halides is 3. The number of carbonyl (C=O) groups is 2. The number of amides is 1. The molecule has 0 saturated heterocycles. The average molecular weight is 492 g/mol. The zero-order valence-electron chi connectivity index (χ0n) is 18.6. The normalized spacial score (nSPS) is 11.2. The smallest absolute Gasteiger partial charge is 0.416 e. The number of aliphatic hydroxyl groups excluding tert-OH is 1. The van der Waals surface area contributed by atoms with Crippen molar-refractivity contribution in [1.29, 1.82) is 0 Å². The Morgan fingerprint density at radius 3 is 2.31 bits per heavy atom. The van der Waals surface area contributed by atoms with E-state index in [1.54, 1.807) is 24.3 Å². The Morgan fingerprint density at radius 1 is 0.861 bits per heavy atom. The molecule has 3 aromatic carbocycles.